The number of rotatable bonds is 30. The van der Waals surface area contributed by atoms with Crippen LogP contribution in [-0.4, -0.2) is 64.0 Å². The first kappa shape index (κ1) is 39.7. The zero-order valence-electron chi connectivity index (χ0n) is 30.3. The van der Waals surface area contributed by atoms with Crippen LogP contribution < -0.4 is 25.4 Å². The summed E-state index contributed by atoms with van der Waals surface area (Å²) in [6, 6.07) is 10.7. The number of unbranched alkanes of at least 4 members (excludes halogenated alkanes) is 12. The fraction of sp³-hybridized carbons (Fsp3) is 0.659. The molecule has 1 aliphatic carbocycles. The van der Waals surface area contributed by atoms with Crippen molar-refractivity contribution in [3.63, 3.8) is 0 Å². The van der Waals surface area contributed by atoms with Crippen molar-refractivity contribution in [2.45, 2.75) is 123 Å². The molecule has 0 bridgehead atoms. The average molecular weight is 664 g/mol. The van der Waals surface area contributed by atoms with E-state index in [9.17, 15) is 9.59 Å². The lowest BCUT2D eigenvalue weighted by Crippen LogP contribution is -2.23. The van der Waals surface area contributed by atoms with Crippen LogP contribution in [0.15, 0.2) is 36.4 Å². The van der Waals surface area contributed by atoms with Crippen LogP contribution in [0.1, 0.15) is 155 Å². The van der Waals surface area contributed by atoms with E-state index in [1.807, 2.05) is 12.1 Å². The monoisotopic (exact) mass is 663 g/mol. The van der Waals surface area contributed by atoms with Gasteiger partial charge in [0.1, 0.15) is 11.5 Å². The second kappa shape index (κ2) is 25.3. The second-order valence-corrected chi connectivity index (χ2v) is 13.3. The van der Waals surface area contributed by atoms with Gasteiger partial charge < -0.3 is 25.4 Å². The van der Waals surface area contributed by atoms with Crippen LogP contribution >= 0.6 is 0 Å². The summed E-state index contributed by atoms with van der Waals surface area (Å²) in [7, 11) is 0. The summed E-state index contributed by atoms with van der Waals surface area (Å²) in [6.45, 7) is 11.9. The Balaban J connectivity index is 1.37. The number of nitrogens with one attached hydrogen (secondary N) is 3. The fourth-order valence-electron chi connectivity index (χ4n) is 6.26. The zero-order valence-corrected chi connectivity index (χ0v) is 30.3. The van der Waals surface area contributed by atoms with E-state index in [1.165, 1.54) is 83.5 Å². The highest BCUT2D eigenvalue weighted by Gasteiger charge is 2.35. The van der Waals surface area contributed by atoms with Gasteiger partial charge in [-0.25, -0.2) is 0 Å². The Hall–Kier alpha value is -2.74. The van der Waals surface area contributed by atoms with Gasteiger partial charge in [0.25, 0.3) is 0 Å². The molecule has 3 N–H and O–H groups in total. The number of hydrogen-bond donors (Lipinski definition) is 3. The van der Waals surface area contributed by atoms with Crippen molar-refractivity contribution in [3.8, 4) is 11.5 Å². The molecule has 0 amide bonds. The van der Waals surface area contributed by atoms with Crippen molar-refractivity contribution in [2.75, 3.05) is 52.5 Å². The summed E-state index contributed by atoms with van der Waals surface area (Å²) >= 11 is 0. The number of ketones is 2. The predicted molar refractivity (Wildman–Crippen MR) is 199 cm³/mol. The maximum atomic E-state index is 13.7. The summed E-state index contributed by atoms with van der Waals surface area (Å²) < 4.78 is 12.3. The third-order valence-electron chi connectivity index (χ3n) is 9.10. The Bertz CT molecular complexity index is 1180. The first-order valence-corrected chi connectivity index (χ1v) is 19.4. The number of fused-ring (bicyclic) bond motifs is 2. The SMILES string of the molecule is CCCCCCCCCCCCOc1ccc(OCCCCNCCCCNCCCCNCCC)c2c1C(=O)c1ccccc1C2=O. The quantitative estimate of drug-likeness (QED) is 0.0615. The molecule has 2 aromatic carbocycles. The number of carbonyl (C=O) groups is 2. The molecule has 48 heavy (non-hydrogen) atoms. The van der Waals surface area contributed by atoms with Crippen molar-refractivity contribution in [2.24, 2.45) is 0 Å². The molecule has 0 fully saturated rings. The Labute approximate surface area is 291 Å². The minimum atomic E-state index is -0.167. The lowest BCUT2D eigenvalue weighted by molar-refractivity contribution is 0.0971. The van der Waals surface area contributed by atoms with Gasteiger partial charge in [0.05, 0.1) is 24.3 Å². The van der Waals surface area contributed by atoms with Crippen LogP contribution in [0.2, 0.25) is 0 Å². The summed E-state index contributed by atoms with van der Waals surface area (Å²) in [4.78, 5) is 27.3. The molecule has 2 aromatic rings. The van der Waals surface area contributed by atoms with Gasteiger partial charge in [-0.1, -0.05) is 95.9 Å². The van der Waals surface area contributed by atoms with E-state index in [4.69, 9.17) is 9.47 Å². The molecule has 0 aromatic heterocycles. The Kier molecular flexibility index (Phi) is 20.9. The minimum Gasteiger partial charge on any atom is -0.493 e. The Morgan fingerprint density at radius 3 is 1.25 bits per heavy atom. The highest BCUT2D eigenvalue weighted by Crippen LogP contribution is 2.38. The van der Waals surface area contributed by atoms with Gasteiger partial charge in [0.2, 0.25) is 0 Å². The molecule has 0 unspecified atom stereocenters. The zero-order chi connectivity index (χ0) is 34.1. The fourth-order valence-corrected chi connectivity index (χ4v) is 6.26. The number of carbonyl (C=O) groups excluding carboxylic acids is 2. The van der Waals surface area contributed by atoms with Gasteiger partial charge in [-0.2, -0.15) is 0 Å². The van der Waals surface area contributed by atoms with Crippen LogP contribution in [0.3, 0.4) is 0 Å². The largest absolute Gasteiger partial charge is 0.493 e. The van der Waals surface area contributed by atoms with E-state index >= 15 is 0 Å². The van der Waals surface area contributed by atoms with Gasteiger partial charge in [0, 0.05) is 11.1 Å². The van der Waals surface area contributed by atoms with Crippen molar-refractivity contribution in [3.05, 3.63) is 58.7 Å². The standard InChI is InChI=1S/C41H65N3O4/c1-3-5-6-7-8-9-10-11-12-20-32-47-36-24-25-37(39-38(36)40(45)34-22-13-14-23-35(34)41(39)46)48-33-21-19-31-44-30-18-17-29-43-28-16-15-27-42-26-4-2/h13-14,22-25,42-44H,3-12,15-21,26-33H2,1-2H3. The van der Waals surface area contributed by atoms with Gasteiger partial charge in [-0.05, 0) is 103 Å². The van der Waals surface area contributed by atoms with Crippen molar-refractivity contribution in [1.29, 1.82) is 0 Å². The highest BCUT2D eigenvalue weighted by atomic mass is 16.5. The molecule has 0 radical (unpaired) electrons. The molecule has 0 heterocycles. The van der Waals surface area contributed by atoms with E-state index in [0.717, 1.165) is 65.0 Å². The number of hydrogen-bond acceptors (Lipinski definition) is 7. The maximum Gasteiger partial charge on any atom is 0.198 e. The molecule has 7 nitrogen and oxygen atoms in total. The third-order valence-corrected chi connectivity index (χ3v) is 9.10. The summed E-state index contributed by atoms with van der Waals surface area (Å²) in [5, 5.41) is 10.5. The van der Waals surface area contributed by atoms with Crippen LogP contribution in [-0.2, 0) is 0 Å². The predicted octanol–water partition coefficient (Wildman–Crippen LogP) is 8.66. The van der Waals surface area contributed by atoms with E-state index in [0.29, 0.717) is 47.0 Å². The van der Waals surface area contributed by atoms with Crippen molar-refractivity contribution < 1.29 is 19.1 Å². The highest BCUT2D eigenvalue weighted by molar-refractivity contribution is 6.30. The molecule has 0 saturated carbocycles. The second-order valence-electron chi connectivity index (χ2n) is 13.3. The summed E-state index contributed by atoms with van der Waals surface area (Å²) in [5.74, 6) is 0.629. The van der Waals surface area contributed by atoms with Gasteiger partial charge in [0.15, 0.2) is 11.6 Å². The minimum absolute atomic E-state index is 0.164. The molecule has 0 spiro atoms. The normalized spacial score (nSPS) is 12.3. The van der Waals surface area contributed by atoms with E-state index in [-0.39, 0.29) is 11.6 Å². The van der Waals surface area contributed by atoms with E-state index < -0.39 is 0 Å². The Morgan fingerprint density at radius 1 is 0.438 bits per heavy atom. The molecule has 7 heteroatoms. The van der Waals surface area contributed by atoms with Crippen LogP contribution in [0, 0.1) is 0 Å². The van der Waals surface area contributed by atoms with Gasteiger partial charge >= 0.3 is 0 Å². The van der Waals surface area contributed by atoms with Crippen molar-refractivity contribution >= 4 is 11.6 Å². The molecular formula is C41H65N3O4. The molecular weight excluding hydrogens is 598 g/mol. The van der Waals surface area contributed by atoms with Crippen molar-refractivity contribution in [1.82, 2.24) is 16.0 Å². The lowest BCUT2D eigenvalue weighted by Gasteiger charge is -2.23. The summed E-state index contributed by atoms with van der Waals surface area (Å²) in [5.41, 5.74) is 1.57. The summed E-state index contributed by atoms with van der Waals surface area (Å²) in [6.07, 6.45) is 20.4. The van der Waals surface area contributed by atoms with Gasteiger partial charge in [-0.3, -0.25) is 9.59 Å². The van der Waals surface area contributed by atoms with E-state index in [2.05, 4.69) is 29.8 Å². The van der Waals surface area contributed by atoms with Crippen LogP contribution in [0.4, 0.5) is 0 Å². The average Bonchev–Trinajstić information content (AvgIpc) is 3.11. The number of benzene rings is 2. The first-order chi connectivity index (χ1) is 23.7. The molecule has 268 valence electrons. The lowest BCUT2D eigenvalue weighted by atomic mass is 9.83. The van der Waals surface area contributed by atoms with E-state index in [1.54, 1.807) is 24.3 Å². The third kappa shape index (κ3) is 14.4. The first-order valence-electron chi connectivity index (χ1n) is 19.4. The van der Waals surface area contributed by atoms with Crippen LogP contribution in [0.5, 0.6) is 11.5 Å². The smallest absolute Gasteiger partial charge is 0.198 e. The molecule has 3 rings (SSSR count). The van der Waals surface area contributed by atoms with Gasteiger partial charge in [-0.15, -0.1) is 0 Å². The maximum absolute atomic E-state index is 13.7. The molecule has 1 aliphatic rings. The number of ether oxygens (including phenoxy) is 2. The topological polar surface area (TPSA) is 88.7 Å². The molecule has 0 aliphatic heterocycles. The molecule has 0 atom stereocenters. The van der Waals surface area contributed by atoms with Crippen LogP contribution in [0.25, 0.3) is 0 Å². The molecule has 0 saturated heterocycles. The Morgan fingerprint density at radius 2 is 0.812 bits per heavy atom.